The van der Waals surface area contributed by atoms with Crippen LogP contribution in [0.5, 0.6) is 5.75 Å². The van der Waals surface area contributed by atoms with Crippen molar-refractivity contribution < 1.29 is 9.53 Å². The summed E-state index contributed by atoms with van der Waals surface area (Å²) < 4.78 is 5.22. The number of fused-ring (bicyclic) bond motifs is 2. The average Bonchev–Trinajstić information content (AvgIpc) is 3.39. The van der Waals surface area contributed by atoms with Crippen LogP contribution in [-0.2, 0) is 0 Å². The van der Waals surface area contributed by atoms with Gasteiger partial charge in [-0.05, 0) is 56.7 Å². The number of amides is 1. The molecule has 124 valence electrons. The van der Waals surface area contributed by atoms with Crippen molar-refractivity contribution in [1.82, 2.24) is 10.2 Å². The molecule has 2 saturated heterocycles. The first-order chi connectivity index (χ1) is 11.2. The smallest absolute Gasteiger partial charge is 0.251 e. The molecule has 1 aromatic rings. The van der Waals surface area contributed by atoms with Gasteiger partial charge in [0, 0.05) is 29.7 Å². The minimum atomic E-state index is 0.0341. The highest BCUT2D eigenvalue weighted by Gasteiger charge is 2.45. The Bertz CT molecular complexity index is 570. The lowest BCUT2D eigenvalue weighted by Gasteiger charge is -2.49. The number of benzene rings is 1. The second-order valence-electron chi connectivity index (χ2n) is 7.29. The molecule has 4 rings (SSSR count). The van der Waals surface area contributed by atoms with E-state index in [1.165, 1.54) is 32.1 Å². The molecule has 2 unspecified atom stereocenters. The maximum atomic E-state index is 12.5. The number of nitrogens with one attached hydrogen (secondary N) is 1. The van der Waals surface area contributed by atoms with Crippen molar-refractivity contribution in [3.8, 4) is 5.75 Å². The number of methoxy groups -OCH3 is 1. The van der Waals surface area contributed by atoms with Crippen LogP contribution in [0.1, 0.15) is 55.3 Å². The largest absolute Gasteiger partial charge is 0.497 e. The van der Waals surface area contributed by atoms with Crippen LogP contribution in [0.4, 0.5) is 0 Å². The summed E-state index contributed by atoms with van der Waals surface area (Å²) in [5.41, 5.74) is 0.694. The summed E-state index contributed by atoms with van der Waals surface area (Å²) in [7, 11) is 1.63. The van der Waals surface area contributed by atoms with Gasteiger partial charge in [0.2, 0.25) is 0 Å². The van der Waals surface area contributed by atoms with Crippen LogP contribution in [0.3, 0.4) is 0 Å². The highest BCUT2D eigenvalue weighted by atomic mass is 16.5. The SMILES string of the molecule is COc1cccc(C(=O)NC2CC3CCCC(C2)N3C2CC2)c1. The first-order valence-corrected chi connectivity index (χ1v) is 8.97. The van der Waals surface area contributed by atoms with Gasteiger partial charge in [0.1, 0.15) is 5.75 Å². The number of nitrogens with zero attached hydrogens (tertiary/aromatic N) is 1. The zero-order chi connectivity index (χ0) is 15.8. The Balaban J connectivity index is 1.42. The van der Waals surface area contributed by atoms with Gasteiger partial charge in [0.05, 0.1) is 7.11 Å². The van der Waals surface area contributed by atoms with E-state index in [4.69, 9.17) is 4.74 Å². The summed E-state index contributed by atoms with van der Waals surface area (Å²) >= 11 is 0. The lowest BCUT2D eigenvalue weighted by molar-refractivity contribution is 0.0175. The van der Waals surface area contributed by atoms with Crippen LogP contribution in [0.15, 0.2) is 24.3 Å². The summed E-state index contributed by atoms with van der Waals surface area (Å²) in [6.45, 7) is 0. The predicted molar refractivity (Wildman–Crippen MR) is 89.8 cm³/mol. The van der Waals surface area contributed by atoms with Crippen molar-refractivity contribution in [2.45, 2.75) is 69.1 Å². The number of piperidine rings is 2. The van der Waals surface area contributed by atoms with Gasteiger partial charge in [0.25, 0.3) is 5.91 Å². The summed E-state index contributed by atoms with van der Waals surface area (Å²) in [5.74, 6) is 0.768. The van der Waals surface area contributed by atoms with E-state index in [-0.39, 0.29) is 5.91 Å². The highest BCUT2D eigenvalue weighted by molar-refractivity contribution is 5.94. The molecule has 2 aliphatic heterocycles. The Morgan fingerprint density at radius 2 is 1.87 bits per heavy atom. The van der Waals surface area contributed by atoms with Gasteiger partial charge in [-0.25, -0.2) is 0 Å². The maximum Gasteiger partial charge on any atom is 0.251 e. The summed E-state index contributed by atoms with van der Waals surface area (Å²) in [6, 6.07) is 9.96. The van der Waals surface area contributed by atoms with Crippen LogP contribution >= 0.6 is 0 Å². The second kappa shape index (κ2) is 6.16. The monoisotopic (exact) mass is 314 g/mol. The lowest BCUT2D eigenvalue weighted by Crippen LogP contribution is -2.57. The summed E-state index contributed by atoms with van der Waals surface area (Å²) in [4.78, 5) is 15.3. The Morgan fingerprint density at radius 1 is 1.13 bits per heavy atom. The molecule has 0 radical (unpaired) electrons. The number of rotatable bonds is 4. The van der Waals surface area contributed by atoms with Crippen molar-refractivity contribution in [2.24, 2.45) is 0 Å². The lowest BCUT2D eigenvalue weighted by atomic mass is 9.81. The molecule has 2 heterocycles. The molecule has 2 atom stereocenters. The first kappa shape index (κ1) is 15.0. The topological polar surface area (TPSA) is 41.6 Å². The third kappa shape index (κ3) is 3.09. The Morgan fingerprint density at radius 3 is 2.52 bits per heavy atom. The van der Waals surface area contributed by atoms with Crippen molar-refractivity contribution in [3.63, 3.8) is 0 Å². The molecule has 1 amide bonds. The van der Waals surface area contributed by atoms with Crippen molar-refractivity contribution >= 4 is 5.91 Å². The predicted octanol–water partition coefficient (Wildman–Crippen LogP) is 2.97. The molecule has 4 heteroatoms. The quantitative estimate of drug-likeness (QED) is 0.929. The molecule has 1 N–H and O–H groups in total. The van der Waals surface area contributed by atoms with E-state index in [0.717, 1.165) is 24.6 Å². The molecule has 1 aliphatic carbocycles. The number of carbonyl (C=O) groups is 1. The maximum absolute atomic E-state index is 12.5. The van der Waals surface area contributed by atoms with Gasteiger partial charge < -0.3 is 10.1 Å². The van der Waals surface area contributed by atoms with E-state index in [0.29, 0.717) is 23.7 Å². The van der Waals surface area contributed by atoms with Crippen LogP contribution in [0, 0.1) is 0 Å². The highest BCUT2D eigenvalue weighted by Crippen LogP contribution is 2.41. The molecule has 1 saturated carbocycles. The van der Waals surface area contributed by atoms with Crippen molar-refractivity contribution in [1.29, 1.82) is 0 Å². The van der Waals surface area contributed by atoms with E-state index < -0.39 is 0 Å². The van der Waals surface area contributed by atoms with Crippen LogP contribution in [0.25, 0.3) is 0 Å². The van der Waals surface area contributed by atoms with Gasteiger partial charge in [-0.2, -0.15) is 0 Å². The average molecular weight is 314 g/mol. The van der Waals surface area contributed by atoms with Gasteiger partial charge in [-0.3, -0.25) is 9.69 Å². The molecule has 1 aromatic carbocycles. The normalized spacial score (nSPS) is 30.7. The van der Waals surface area contributed by atoms with E-state index in [2.05, 4.69) is 10.2 Å². The number of ether oxygens (including phenoxy) is 1. The summed E-state index contributed by atoms with van der Waals surface area (Å²) in [6.07, 6.45) is 8.96. The van der Waals surface area contributed by atoms with E-state index >= 15 is 0 Å². The minimum absolute atomic E-state index is 0.0341. The van der Waals surface area contributed by atoms with E-state index in [1.807, 2.05) is 24.3 Å². The van der Waals surface area contributed by atoms with Crippen molar-refractivity contribution in [3.05, 3.63) is 29.8 Å². The molecule has 3 aliphatic rings. The molecular formula is C19H26N2O2. The molecule has 0 spiro atoms. The van der Waals surface area contributed by atoms with Crippen LogP contribution in [-0.4, -0.2) is 42.1 Å². The van der Waals surface area contributed by atoms with Crippen molar-refractivity contribution in [2.75, 3.05) is 7.11 Å². The Hall–Kier alpha value is -1.55. The van der Waals surface area contributed by atoms with E-state index in [1.54, 1.807) is 7.11 Å². The fourth-order valence-electron chi connectivity index (χ4n) is 4.54. The third-order valence-electron chi connectivity index (χ3n) is 5.67. The number of hydrogen-bond donors (Lipinski definition) is 1. The first-order valence-electron chi connectivity index (χ1n) is 8.97. The molecule has 2 bridgehead atoms. The Labute approximate surface area is 138 Å². The molecule has 0 aromatic heterocycles. The fraction of sp³-hybridized carbons (Fsp3) is 0.632. The van der Waals surface area contributed by atoms with Gasteiger partial charge in [-0.1, -0.05) is 12.5 Å². The fourth-order valence-corrected chi connectivity index (χ4v) is 4.54. The molecule has 4 nitrogen and oxygen atoms in total. The standard InChI is InChI=1S/C19H26N2O2/c1-23-18-7-2-4-13(10-18)19(22)20-14-11-16-5-3-6-17(12-14)21(16)15-8-9-15/h2,4,7,10,14-17H,3,5-6,8-9,11-12H2,1H3,(H,20,22). The third-order valence-corrected chi connectivity index (χ3v) is 5.67. The second-order valence-corrected chi connectivity index (χ2v) is 7.29. The van der Waals surface area contributed by atoms with Gasteiger partial charge in [0.15, 0.2) is 0 Å². The molecule has 23 heavy (non-hydrogen) atoms. The van der Waals surface area contributed by atoms with Gasteiger partial charge in [-0.15, -0.1) is 0 Å². The van der Waals surface area contributed by atoms with E-state index in [9.17, 15) is 4.79 Å². The van der Waals surface area contributed by atoms with Crippen LogP contribution < -0.4 is 10.1 Å². The molecule has 3 fully saturated rings. The summed E-state index contributed by atoms with van der Waals surface area (Å²) in [5, 5.41) is 3.27. The zero-order valence-corrected chi connectivity index (χ0v) is 13.8. The van der Waals surface area contributed by atoms with Gasteiger partial charge >= 0.3 is 0 Å². The molecular weight excluding hydrogens is 288 g/mol. The minimum Gasteiger partial charge on any atom is -0.497 e. The van der Waals surface area contributed by atoms with Crippen LogP contribution in [0.2, 0.25) is 0 Å². The number of carbonyl (C=O) groups excluding carboxylic acids is 1. The number of hydrogen-bond acceptors (Lipinski definition) is 3. The zero-order valence-electron chi connectivity index (χ0n) is 13.8. The Kier molecular flexibility index (Phi) is 4.02.